The zero-order chi connectivity index (χ0) is 20.0. The third-order valence-corrected chi connectivity index (χ3v) is 5.84. The van der Waals surface area contributed by atoms with E-state index < -0.39 is 10.0 Å². The Bertz CT molecular complexity index is 895. The zero-order valence-electron chi connectivity index (χ0n) is 15.9. The molecule has 0 aliphatic rings. The molecule has 0 aromatic heterocycles. The predicted molar refractivity (Wildman–Crippen MR) is 103 cm³/mol. The second kappa shape index (κ2) is 8.88. The van der Waals surface area contributed by atoms with Gasteiger partial charge < -0.3 is 14.8 Å². The summed E-state index contributed by atoms with van der Waals surface area (Å²) in [5.41, 5.74) is 1.06. The van der Waals surface area contributed by atoms with Gasteiger partial charge in [-0.05, 0) is 42.8 Å². The SMILES string of the molecule is CCNC(=O)c1ccc(OC)c(S(=O)(=O)N(C)Cc2ccc(OC)cc2)c1. The first kappa shape index (κ1) is 20.7. The first-order valence-electron chi connectivity index (χ1n) is 8.39. The number of carbonyl (C=O) groups excluding carboxylic acids is 1. The lowest BCUT2D eigenvalue weighted by atomic mass is 10.2. The lowest BCUT2D eigenvalue weighted by molar-refractivity contribution is 0.0955. The summed E-state index contributed by atoms with van der Waals surface area (Å²) in [4.78, 5) is 12.0. The van der Waals surface area contributed by atoms with Crippen molar-refractivity contribution in [2.24, 2.45) is 0 Å². The number of carbonyl (C=O) groups is 1. The van der Waals surface area contributed by atoms with Gasteiger partial charge in [0.05, 0.1) is 14.2 Å². The summed E-state index contributed by atoms with van der Waals surface area (Å²) in [5, 5.41) is 2.66. The van der Waals surface area contributed by atoms with Crippen molar-refractivity contribution in [3.8, 4) is 11.5 Å². The molecule has 0 atom stereocenters. The van der Waals surface area contributed by atoms with Crippen LogP contribution in [0.15, 0.2) is 47.4 Å². The van der Waals surface area contributed by atoms with Gasteiger partial charge in [-0.1, -0.05) is 12.1 Å². The van der Waals surface area contributed by atoms with Gasteiger partial charge in [-0.3, -0.25) is 4.79 Å². The van der Waals surface area contributed by atoms with E-state index >= 15 is 0 Å². The highest BCUT2D eigenvalue weighted by atomic mass is 32.2. The van der Waals surface area contributed by atoms with Crippen molar-refractivity contribution in [2.45, 2.75) is 18.4 Å². The van der Waals surface area contributed by atoms with Crippen molar-refractivity contribution < 1.29 is 22.7 Å². The Morgan fingerprint density at radius 1 is 1.07 bits per heavy atom. The van der Waals surface area contributed by atoms with E-state index in [0.29, 0.717) is 12.3 Å². The number of ether oxygens (including phenoxy) is 2. The van der Waals surface area contributed by atoms with E-state index in [1.165, 1.54) is 36.7 Å². The van der Waals surface area contributed by atoms with Crippen molar-refractivity contribution in [2.75, 3.05) is 27.8 Å². The van der Waals surface area contributed by atoms with Crippen LogP contribution in [0.3, 0.4) is 0 Å². The van der Waals surface area contributed by atoms with E-state index in [2.05, 4.69) is 5.32 Å². The summed E-state index contributed by atoms with van der Waals surface area (Å²) in [7, 11) is 0.576. The molecule has 0 saturated carbocycles. The van der Waals surface area contributed by atoms with Crippen molar-refractivity contribution >= 4 is 15.9 Å². The van der Waals surface area contributed by atoms with Crippen molar-refractivity contribution in [1.29, 1.82) is 0 Å². The fourth-order valence-corrected chi connectivity index (χ4v) is 3.86. The summed E-state index contributed by atoms with van der Waals surface area (Å²) in [5.74, 6) is 0.541. The van der Waals surface area contributed by atoms with Crippen LogP contribution in [0, 0.1) is 0 Å². The molecule has 0 aliphatic heterocycles. The summed E-state index contributed by atoms with van der Waals surface area (Å²) in [6.45, 7) is 2.41. The number of nitrogens with zero attached hydrogens (tertiary/aromatic N) is 1. The molecule has 146 valence electrons. The number of hydrogen-bond acceptors (Lipinski definition) is 5. The van der Waals surface area contributed by atoms with Crippen molar-refractivity contribution in [1.82, 2.24) is 9.62 Å². The molecular formula is C19H24N2O5S. The topological polar surface area (TPSA) is 84.9 Å². The van der Waals surface area contributed by atoms with E-state index in [1.54, 1.807) is 38.3 Å². The molecule has 2 aromatic rings. The molecule has 8 heteroatoms. The fourth-order valence-electron chi connectivity index (χ4n) is 2.52. The van der Waals surface area contributed by atoms with E-state index in [-0.39, 0.29) is 28.7 Å². The molecule has 7 nitrogen and oxygen atoms in total. The molecule has 0 unspecified atom stereocenters. The minimum Gasteiger partial charge on any atom is -0.497 e. The van der Waals surface area contributed by atoms with Crippen LogP contribution >= 0.6 is 0 Å². The largest absolute Gasteiger partial charge is 0.497 e. The predicted octanol–water partition coefficient (Wildman–Crippen LogP) is 2.27. The minimum atomic E-state index is -3.87. The van der Waals surface area contributed by atoms with Gasteiger partial charge in [0.2, 0.25) is 10.0 Å². The second-order valence-electron chi connectivity index (χ2n) is 5.83. The van der Waals surface area contributed by atoms with Crippen LogP contribution in [-0.2, 0) is 16.6 Å². The van der Waals surface area contributed by atoms with Crippen molar-refractivity contribution in [3.63, 3.8) is 0 Å². The van der Waals surface area contributed by atoms with E-state index in [1.807, 2.05) is 0 Å². The van der Waals surface area contributed by atoms with Crippen LogP contribution in [0.2, 0.25) is 0 Å². The van der Waals surface area contributed by atoms with Crippen LogP contribution in [-0.4, -0.2) is 46.4 Å². The highest BCUT2D eigenvalue weighted by Gasteiger charge is 2.26. The molecule has 0 heterocycles. The van der Waals surface area contributed by atoms with Gasteiger partial charge in [0.25, 0.3) is 5.91 Å². The summed E-state index contributed by atoms with van der Waals surface area (Å²) >= 11 is 0. The van der Waals surface area contributed by atoms with Crippen LogP contribution < -0.4 is 14.8 Å². The molecule has 0 spiro atoms. The lowest BCUT2D eigenvalue weighted by Gasteiger charge is -2.19. The third-order valence-electron chi connectivity index (χ3n) is 4.02. The van der Waals surface area contributed by atoms with E-state index in [9.17, 15) is 13.2 Å². The second-order valence-corrected chi connectivity index (χ2v) is 7.85. The first-order chi connectivity index (χ1) is 12.8. The van der Waals surface area contributed by atoms with Gasteiger partial charge in [-0.15, -0.1) is 0 Å². The zero-order valence-corrected chi connectivity index (χ0v) is 16.7. The smallest absolute Gasteiger partial charge is 0.251 e. The molecule has 27 heavy (non-hydrogen) atoms. The lowest BCUT2D eigenvalue weighted by Crippen LogP contribution is -2.28. The summed E-state index contributed by atoms with van der Waals surface area (Å²) in [6, 6.07) is 11.5. The molecule has 1 N–H and O–H groups in total. The molecule has 0 fully saturated rings. The maximum Gasteiger partial charge on any atom is 0.251 e. The Hall–Kier alpha value is -2.58. The number of rotatable bonds is 8. The van der Waals surface area contributed by atoms with Crippen molar-refractivity contribution in [3.05, 3.63) is 53.6 Å². The summed E-state index contributed by atoms with van der Waals surface area (Å²) in [6.07, 6.45) is 0. The molecule has 0 saturated heterocycles. The van der Waals surface area contributed by atoms with Gasteiger partial charge in [-0.25, -0.2) is 8.42 Å². The number of nitrogens with one attached hydrogen (secondary N) is 1. The Kier molecular flexibility index (Phi) is 6.81. The quantitative estimate of drug-likeness (QED) is 0.745. The molecule has 1 amide bonds. The fraction of sp³-hybridized carbons (Fsp3) is 0.316. The molecule has 2 rings (SSSR count). The molecular weight excluding hydrogens is 368 g/mol. The Morgan fingerprint density at radius 3 is 2.30 bits per heavy atom. The normalized spacial score (nSPS) is 11.3. The minimum absolute atomic E-state index is 0.0511. The first-order valence-corrected chi connectivity index (χ1v) is 9.83. The van der Waals surface area contributed by atoms with Gasteiger partial charge >= 0.3 is 0 Å². The Balaban J connectivity index is 2.34. The van der Waals surface area contributed by atoms with Crippen LogP contribution in [0.25, 0.3) is 0 Å². The monoisotopic (exact) mass is 392 g/mol. The van der Waals surface area contributed by atoms with Gasteiger partial charge in [0, 0.05) is 25.7 Å². The van der Waals surface area contributed by atoms with Gasteiger partial charge in [-0.2, -0.15) is 4.31 Å². The highest BCUT2D eigenvalue weighted by molar-refractivity contribution is 7.89. The molecule has 0 bridgehead atoms. The number of sulfonamides is 1. The standard InChI is InChI=1S/C19H24N2O5S/c1-5-20-19(22)15-8-11-17(26-4)18(12-15)27(23,24)21(2)13-14-6-9-16(25-3)10-7-14/h6-12H,5,13H2,1-4H3,(H,20,22). The number of methoxy groups -OCH3 is 2. The summed E-state index contributed by atoms with van der Waals surface area (Å²) < 4.78 is 37.7. The van der Waals surface area contributed by atoms with E-state index in [0.717, 1.165) is 5.56 Å². The Labute approximate surface area is 160 Å². The van der Waals surface area contributed by atoms with Gasteiger partial charge in [0.15, 0.2) is 0 Å². The number of benzene rings is 2. The molecule has 0 aliphatic carbocycles. The maximum atomic E-state index is 13.1. The molecule has 0 radical (unpaired) electrons. The average molecular weight is 392 g/mol. The van der Waals surface area contributed by atoms with Gasteiger partial charge in [0.1, 0.15) is 16.4 Å². The van der Waals surface area contributed by atoms with E-state index in [4.69, 9.17) is 9.47 Å². The van der Waals surface area contributed by atoms with Crippen LogP contribution in [0.4, 0.5) is 0 Å². The highest BCUT2D eigenvalue weighted by Crippen LogP contribution is 2.28. The van der Waals surface area contributed by atoms with Crippen LogP contribution in [0.1, 0.15) is 22.8 Å². The maximum absolute atomic E-state index is 13.1. The Morgan fingerprint density at radius 2 is 1.74 bits per heavy atom. The third kappa shape index (κ3) is 4.78. The number of amides is 1. The average Bonchev–Trinajstić information content (AvgIpc) is 2.68. The number of hydrogen-bond donors (Lipinski definition) is 1. The molecule has 2 aromatic carbocycles. The van der Waals surface area contributed by atoms with Crippen LogP contribution in [0.5, 0.6) is 11.5 Å².